The first-order valence-electron chi connectivity index (χ1n) is 20.2. The number of nitrogens with zero attached hydrogens (tertiary/aromatic N) is 3. The summed E-state index contributed by atoms with van der Waals surface area (Å²) in [5.41, 5.74) is 1.41. The van der Waals surface area contributed by atoms with Crippen molar-refractivity contribution in [1.29, 1.82) is 0 Å². The summed E-state index contributed by atoms with van der Waals surface area (Å²) < 4.78 is 57.2. The van der Waals surface area contributed by atoms with Gasteiger partial charge < -0.3 is 51.9 Å². The van der Waals surface area contributed by atoms with Gasteiger partial charge >= 0.3 is 11.7 Å². The van der Waals surface area contributed by atoms with Crippen molar-refractivity contribution in [2.24, 2.45) is 13.0 Å². The number of H-pyrrole nitrogens is 1. The topological polar surface area (TPSA) is 182 Å². The molecule has 17 nitrogen and oxygen atoms in total. The quantitative estimate of drug-likeness (QED) is 0.0552. The van der Waals surface area contributed by atoms with E-state index in [-0.39, 0.29) is 18.7 Å². The van der Waals surface area contributed by atoms with E-state index in [1.54, 1.807) is 20.2 Å². The number of nitrogens with one attached hydrogen (secondary N) is 1. The summed E-state index contributed by atoms with van der Waals surface area (Å²) in [4.78, 5) is 44.5. The number of imidazole rings is 1. The van der Waals surface area contributed by atoms with Crippen LogP contribution < -0.4 is 11.2 Å². The highest BCUT2D eigenvalue weighted by Crippen LogP contribution is 2.30. The summed E-state index contributed by atoms with van der Waals surface area (Å²) in [6.07, 6.45) is 8.84. The number of ether oxygens (including phenoxy) is 10. The zero-order chi connectivity index (χ0) is 41.0. The molecule has 17 heteroatoms. The molecular formula is C41H62N4O13. The van der Waals surface area contributed by atoms with E-state index in [0.29, 0.717) is 130 Å². The van der Waals surface area contributed by atoms with E-state index in [9.17, 15) is 14.4 Å². The van der Waals surface area contributed by atoms with Gasteiger partial charge in [-0.3, -0.25) is 14.3 Å². The van der Waals surface area contributed by atoms with Crippen LogP contribution in [0.5, 0.6) is 0 Å². The standard InChI is InChI=1S/C41H62N4O13/c1-44-40-37(39(47)43-41(44)48)42-38(45(40)32-34-6-4-3-5-7-34)35-11-8-33(9-12-35)10-13-36(46)58-31-30-57-29-28-56-27-26-55-25-24-54-23-22-53-21-20-52-19-18-51-17-16-50-15-14-49-2/h8-13,34H,3-7,14-32H2,1-2H3,(H,43,47,48)/b13-10+. The maximum absolute atomic E-state index is 12.7. The number of carbonyl (C=O) groups is 1. The lowest BCUT2D eigenvalue weighted by atomic mass is 9.89. The Kier molecular flexibility index (Phi) is 23.1. The minimum Gasteiger partial charge on any atom is -0.460 e. The molecular weight excluding hydrogens is 756 g/mol. The molecule has 4 rings (SSSR count). The molecule has 0 atom stereocenters. The van der Waals surface area contributed by atoms with Crippen LogP contribution in [-0.2, 0) is 65.8 Å². The van der Waals surface area contributed by atoms with Gasteiger partial charge in [0.2, 0.25) is 0 Å². The highest BCUT2D eigenvalue weighted by molar-refractivity contribution is 5.87. The Balaban J connectivity index is 0.975. The number of rotatable bonds is 32. The third-order valence-electron chi connectivity index (χ3n) is 9.25. The van der Waals surface area contributed by atoms with Crippen LogP contribution >= 0.6 is 0 Å². The Bertz CT molecular complexity index is 1720. The third-order valence-corrected chi connectivity index (χ3v) is 9.25. The van der Waals surface area contributed by atoms with Gasteiger partial charge in [-0.25, -0.2) is 14.6 Å². The second-order valence-corrected chi connectivity index (χ2v) is 13.6. The van der Waals surface area contributed by atoms with E-state index in [1.165, 1.54) is 29.9 Å². The Hall–Kier alpha value is -3.78. The Morgan fingerprint density at radius 1 is 0.690 bits per heavy atom. The van der Waals surface area contributed by atoms with Crippen LogP contribution in [0.2, 0.25) is 0 Å². The van der Waals surface area contributed by atoms with Gasteiger partial charge in [-0.15, -0.1) is 0 Å². The molecule has 0 amide bonds. The van der Waals surface area contributed by atoms with Crippen molar-refractivity contribution in [2.75, 3.05) is 126 Å². The van der Waals surface area contributed by atoms with E-state index >= 15 is 0 Å². The fourth-order valence-electron chi connectivity index (χ4n) is 6.23. The maximum Gasteiger partial charge on any atom is 0.330 e. The average molecular weight is 819 g/mol. The Morgan fingerprint density at radius 3 is 1.64 bits per heavy atom. The van der Waals surface area contributed by atoms with Crippen LogP contribution in [0, 0.1) is 5.92 Å². The van der Waals surface area contributed by atoms with Crippen molar-refractivity contribution in [2.45, 2.75) is 38.6 Å². The van der Waals surface area contributed by atoms with Crippen LogP contribution in [0.25, 0.3) is 28.6 Å². The lowest BCUT2D eigenvalue weighted by Crippen LogP contribution is -2.29. The predicted molar refractivity (Wildman–Crippen MR) is 216 cm³/mol. The molecule has 1 aliphatic carbocycles. The lowest BCUT2D eigenvalue weighted by Gasteiger charge is -2.23. The van der Waals surface area contributed by atoms with Crippen LogP contribution in [-0.4, -0.2) is 151 Å². The van der Waals surface area contributed by atoms with Crippen LogP contribution in [0.3, 0.4) is 0 Å². The van der Waals surface area contributed by atoms with Gasteiger partial charge in [0.15, 0.2) is 5.52 Å². The fraction of sp³-hybridized carbons (Fsp3) is 0.659. The van der Waals surface area contributed by atoms with Crippen molar-refractivity contribution in [3.63, 3.8) is 0 Å². The smallest absolute Gasteiger partial charge is 0.330 e. The van der Waals surface area contributed by atoms with Gasteiger partial charge in [0.25, 0.3) is 5.56 Å². The van der Waals surface area contributed by atoms with Crippen molar-refractivity contribution < 1.29 is 52.2 Å². The number of benzene rings is 1. The van der Waals surface area contributed by atoms with E-state index in [1.807, 2.05) is 28.8 Å². The Labute approximate surface area is 339 Å². The molecule has 0 saturated heterocycles. The van der Waals surface area contributed by atoms with Crippen molar-refractivity contribution in [3.05, 3.63) is 56.7 Å². The number of esters is 1. The van der Waals surface area contributed by atoms with E-state index in [0.717, 1.165) is 24.0 Å². The maximum atomic E-state index is 12.7. The zero-order valence-electron chi connectivity index (χ0n) is 34.2. The summed E-state index contributed by atoms with van der Waals surface area (Å²) in [6, 6.07) is 7.54. The molecule has 2 aromatic heterocycles. The first kappa shape index (κ1) is 46.9. The first-order chi connectivity index (χ1) is 28.5. The summed E-state index contributed by atoms with van der Waals surface area (Å²) in [5.74, 6) is 0.602. The molecule has 1 N–H and O–H groups in total. The number of aromatic amines is 1. The Morgan fingerprint density at radius 2 is 1.16 bits per heavy atom. The molecule has 3 aromatic rings. The zero-order valence-corrected chi connectivity index (χ0v) is 34.2. The van der Waals surface area contributed by atoms with Gasteiger partial charge in [0, 0.05) is 32.3 Å². The van der Waals surface area contributed by atoms with Crippen molar-refractivity contribution >= 4 is 23.2 Å². The SMILES string of the molecule is COCCOCCOCCOCCOCCOCCOCCOCCOCCOC(=O)/C=C/c1ccc(-c2nc3c(=O)[nH]c(=O)n(C)c3n2CC2CCCCC2)cc1. The second kappa shape index (κ2) is 28.6. The van der Waals surface area contributed by atoms with Gasteiger partial charge in [0.1, 0.15) is 18.1 Å². The van der Waals surface area contributed by atoms with Gasteiger partial charge in [-0.2, -0.15) is 0 Å². The molecule has 0 unspecified atom stereocenters. The number of aryl methyl sites for hydroxylation is 1. The highest BCUT2D eigenvalue weighted by atomic mass is 16.6. The minimum atomic E-state index is -0.495. The largest absolute Gasteiger partial charge is 0.460 e. The molecule has 0 spiro atoms. The molecule has 1 fully saturated rings. The summed E-state index contributed by atoms with van der Waals surface area (Å²) in [6.45, 7) is 8.82. The number of methoxy groups -OCH3 is 1. The molecule has 0 bridgehead atoms. The molecule has 2 heterocycles. The number of hydrogen-bond donors (Lipinski definition) is 1. The van der Waals surface area contributed by atoms with E-state index < -0.39 is 17.2 Å². The lowest BCUT2D eigenvalue weighted by molar-refractivity contribution is -0.139. The molecule has 1 aliphatic rings. The van der Waals surface area contributed by atoms with Gasteiger partial charge in [0.05, 0.1) is 112 Å². The number of fused-ring (bicyclic) bond motifs is 1. The molecule has 1 saturated carbocycles. The van der Waals surface area contributed by atoms with E-state index in [4.69, 9.17) is 47.4 Å². The predicted octanol–water partition coefficient (Wildman–Crippen LogP) is 3.01. The average Bonchev–Trinajstić information content (AvgIpc) is 3.62. The number of carbonyl (C=O) groups excluding carboxylic acids is 1. The number of aromatic nitrogens is 4. The van der Waals surface area contributed by atoms with Crippen LogP contribution in [0.4, 0.5) is 0 Å². The minimum absolute atomic E-state index is 0.116. The third kappa shape index (κ3) is 17.6. The highest BCUT2D eigenvalue weighted by Gasteiger charge is 2.22. The first-order valence-corrected chi connectivity index (χ1v) is 20.2. The van der Waals surface area contributed by atoms with Gasteiger partial charge in [-0.1, -0.05) is 43.5 Å². The summed E-state index contributed by atoms with van der Waals surface area (Å²) >= 11 is 0. The molecule has 324 valence electrons. The summed E-state index contributed by atoms with van der Waals surface area (Å²) in [5, 5.41) is 0. The number of hydrogen-bond acceptors (Lipinski definition) is 14. The monoisotopic (exact) mass is 818 g/mol. The second-order valence-electron chi connectivity index (χ2n) is 13.6. The molecule has 0 radical (unpaired) electrons. The van der Waals surface area contributed by atoms with Crippen LogP contribution in [0.15, 0.2) is 39.9 Å². The summed E-state index contributed by atoms with van der Waals surface area (Å²) in [7, 11) is 3.29. The normalized spacial score (nSPS) is 13.6. The van der Waals surface area contributed by atoms with Gasteiger partial charge in [-0.05, 0) is 30.4 Å². The molecule has 0 aliphatic heterocycles. The molecule has 1 aromatic carbocycles. The fourth-order valence-corrected chi connectivity index (χ4v) is 6.23. The van der Waals surface area contributed by atoms with Crippen LogP contribution in [0.1, 0.15) is 37.7 Å². The van der Waals surface area contributed by atoms with Crippen molar-refractivity contribution in [3.8, 4) is 11.4 Å². The van der Waals surface area contributed by atoms with E-state index in [2.05, 4.69) is 9.97 Å². The molecule has 58 heavy (non-hydrogen) atoms. The van der Waals surface area contributed by atoms with Crippen molar-refractivity contribution in [1.82, 2.24) is 19.1 Å².